The van der Waals surface area contributed by atoms with Crippen molar-refractivity contribution in [1.82, 2.24) is 0 Å². The van der Waals surface area contributed by atoms with Crippen molar-refractivity contribution < 1.29 is 13.6 Å². The Morgan fingerprint density at radius 2 is 1.75 bits per heavy atom. The highest BCUT2D eigenvalue weighted by Gasteiger charge is 2.26. The summed E-state index contributed by atoms with van der Waals surface area (Å²) in [5.74, 6) is -1.36. The molecule has 1 aliphatic heterocycles. The van der Waals surface area contributed by atoms with E-state index in [1.807, 2.05) is 0 Å². The van der Waals surface area contributed by atoms with Gasteiger partial charge in [0.25, 0.3) is 0 Å². The second kappa shape index (κ2) is 6.91. The zero-order valence-corrected chi connectivity index (χ0v) is 14.0. The summed E-state index contributed by atoms with van der Waals surface area (Å²) < 4.78 is 26.8. The Hall–Kier alpha value is -1.91. The van der Waals surface area contributed by atoms with E-state index in [0.29, 0.717) is 22.2 Å². The molecule has 1 heterocycles. The van der Waals surface area contributed by atoms with Gasteiger partial charge in [-0.15, -0.1) is 0 Å². The van der Waals surface area contributed by atoms with Gasteiger partial charge in [0.15, 0.2) is 0 Å². The van der Waals surface area contributed by atoms with E-state index in [1.54, 1.807) is 24.3 Å². The number of benzene rings is 2. The SMILES string of the molecule is O=C1CC/C(=C\c2ccc(F)cc2F)CN1c1c(Cl)cccc1Cl. The van der Waals surface area contributed by atoms with Gasteiger partial charge in [-0.05, 0) is 36.3 Å². The molecule has 124 valence electrons. The van der Waals surface area contributed by atoms with Crippen molar-refractivity contribution in [2.75, 3.05) is 11.4 Å². The molecular formula is C18H13Cl2F2NO. The molecule has 0 saturated carbocycles. The Labute approximate surface area is 148 Å². The third-order valence-electron chi connectivity index (χ3n) is 3.85. The molecule has 0 unspecified atom stereocenters. The number of hydrogen-bond acceptors (Lipinski definition) is 1. The first-order valence-corrected chi connectivity index (χ1v) is 8.10. The summed E-state index contributed by atoms with van der Waals surface area (Å²) in [6.07, 6.45) is 2.42. The molecular weight excluding hydrogens is 355 g/mol. The maximum Gasteiger partial charge on any atom is 0.227 e. The maximum absolute atomic E-state index is 13.8. The summed E-state index contributed by atoms with van der Waals surface area (Å²) in [7, 11) is 0. The quantitative estimate of drug-likeness (QED) is 0.687. The van der Waals surface area contributed by atoms with Crippen molar-refractivity contribution >= 4 is 40.9 Å². The second-order valence-electron chi connectivity index (χ2n) is 5.52. The van der Waals surface area contributed by atoms with E-state index >= 15 is 0 Å². The van der Waals surface area contributed by atoms with Crippen molar-refractivity contribution in [2.45, 2.75) is 12.8 Å². The topological polar surface area (TPSA) is 20.3 Å². The van der Waals surface area contributed by atoms with Gasteiger partial charge < -0.3 is 4.90 Å². The summed E-state index contributed by atoms with van der Waals surface area (Å²) >= 11 is 12.4. The third-order valence-corrected chi connectivity index (χ3v) is 4.46. The first kappa shape index (κ1) is 16.9. The Bertz CT molecular complexity index is 816. The molecule has 0 atom stereocenters. The Morgan fingerprint density at radius 3 is 2.42 bits per heavy atom. The van der Waals surface area contributed by atoms with Gasteiger partial charge in [0, 0.05) is 24.6 Å². The Balaban J connectivity index is 1.94. The van der Waals surface area contributed by atoms with E-state index in [1.165, 1.54) is 17.0 Å². The van der Waals surface area contributed by atoms with Crippen LogP contribution in [0.15, 0.2) is 42.0 Å². The fourth-order valence-electron chi connectivity index (χ4n) is 2.68. The molecule has 1 aliphatic rings. The standard InChI is InChI=1S/C18H13Cl2F2NO/c19-14-2-1-3-15(20)18(14)23-10-11(4-7-17(23)24)8-12-5-6-13(21)9-16(12)22/h1-3,5-6,8-9H,4,7,10H2/b11-8+. The number of piperidine rings is 1. The molecule has 1 saturated heterocycles. The lowest BCUT2D eigenvalue weighted by molar-refractivity contribution is -0.119. The van der Waals surface area contributed by atoms with Crippen LogP contribution in [-0.4, -0.2) is 12.5 Å². The van der Waals surface area contributed by atoms with Crippen LogP contribution in [0, 0.1) is 11.6 Å². The fraction of sp³-hybridized carbons (Fsp3) is 0.167. The highest BCUT2D eigenvalue weighted by Crippen LogP contribution is 2.36. The Morgan fingerprint density at radius 1 is 1.04 bits per heavy atom. The first-order chi connectivity index (χ1) is 11.5. The number of anilines is 1. The van der Waals surface area contributed by atoms with E-state index < -0.39 is 11.6 Å². The van der Waals surface area contributed by atoms with E-state index in [2.05, 4.69) is 0 Å². The molecule has 0 aromatic heterocycles. The maximum atomic E-state index is 13.8. The van der Waals surface area contributed by atoms with Crippen LogP contribution in [0.4, 0.5) is 14.5 Å². The van der Waals surface area contributed by atoms with E-state index in [0.717, 1.165) is 11.6 Å². The molecule has 24 heavy (non-hydrogen) atoms. The smallest absolute Gasteiger partial charge is 0.227 e. The summed E-state index contributed by atoms with van der Waals surface area (Å²) in [6, 6.07) is 8.44. The average Bonchev–Trinajstić information content (AvgIpc) is 2.53. The van der Waals surface area contributed by atoms with Gasteiger partial charge in [-0.3, -0.25) is 4.79 Å². The zero-order chi connectivity index (χ0) is 17.3. The molecule has 0 radical (unpaired) electrons. The number of nitrogens with zero attached hydrogens (tertiary/aromatic N) is 1. The number of hydrogen-bond donors (Lipinski definition) is 0. The molecule has 0 bridgehead atoms. The number of carbonyl (C=O) groups excluding carboxylic acids is 1. The largest absolute Gasteiger partial charge is 0.305 e. The highest BCUT2D eigenvalue weighted by molar-refractivity contribution is 6.40. The lowest BCUT2D eigenvalue weighted by atomic mass is 10.0. The molecule has 0 N–H and O–H groups in total. The number of rotatable bonds is 2. The predicted octanol–water partition coefficient (Wildman–Crippen LogP) is 5.48. The predicted molar refractivity (Wildman–Crippen MR) is 92.4 cm³/mol. The normalized spacial score (nSPS) is 16.8. The number of amides is 1. The molecule has 0 spiro atoms. The second-order valence-corrected chi connectivity index (χ2v) is 6.33. The molecule has 2 aromatic rings. The van der Waals surface area contributed by atoms with Gasteiger partial charge in [0.05, 0.1) is 15.7 Å². The zero-order valence-electron chi connectivity index (χ0n) is 12.5. The lowest BCUT2D eigenvalue weighted by Gasteiger charge is -2.30. The minimum atomic E-state index is -0.637. The monoisotopic (exact) mass is 367 g/mol. The highest BCUT2D eigenvalue weighted by atomic mass is 35.5. The van der Waals surface area contributed by atoms with Crippen LogP contribution in [0.25, 0.3) is 6.08 Å². The number of carbonyl (C=O) groups is 1. The Kier molecular flexibility index (Phi) is 4.88. The minimum Gasteiger partial charge on any atom is -0.305 e. The molecule has 1 fully saturated rings. The van der Waals surface area contributed by atoms with Crippen LogP contribution in [-0.2, 0) is 4.79 Å². The van der Waals surface area contributed by atoms with E-state index in [4.69, 9.17) is 23.2 Å². The van der Waals surface area contributed by atoms with Crippen molar-refractivity contribution in [2.24, 2.45) is 0 Å². The van der Waals surface area contributed by atoms with Gasteiger partial charge in [-0.1, -0.05) is 35.3 Å². The summed E-state index contributed by atoms with van der Waals surface area (Å²) in [6.45, 7) is 0.263. The van der Waals surface area contributed by atoms with Crippen LogP contribution >= 0.6 is 23.2 Å². The molecule has 1 amide bonds. The first-order valence-electron chi connectivity index (χ1n) is 7.34. The van der Waals surface area contributed by atoms with Crippen LogP contribution in [0.1, 0.15) is 18.4 Å². The summed E-state index contributed by atoms with van der Waals surface area (Å²) in [5.41, 5.74) is 1.58. The van der Waals surface area contributed by atoms with E-state index in [9.17, 15) is 13.6 Å². The van der Waals surface area contributed by atoms with Gasteiger partial charge in [-0.25, -0.2) is 8.78 Å². The van der Waals surface area contributed by atoms with Gasteiger partial charge >= 0.3 is 0 Å². The van der Waals surface area contributed by atoms with Crippen LogP contribution in [0.5, 0.6) is 0 Å². The molecule has 6 heteroatoms. The summed E-state index contributed by atoms with van der Waals surface area (Å²) in [5, 5.41) is 0.759. The molecule has 3 rings (SSSR count). The van der Waals surface area contributed by atoms with Crippen molar-refractivity contribution in [3.63, 3.8) is 0 Å². The molecule has 2 nitrogen and oxygen atoms in total. The molecule has 2 aromatic carbocycles. The minimum absolute atomic E-state index is 0.0956. The lowest BCUT2D eigenvalue weighted by Crippen LogP contribution is -2.36. The third kappa shape index (κ3) is 3.45. The van der Waals surface area contributed by atoms with Gasteiger partial charge in [0.2, 0.25) is 5.91 Å². The summed E-state index contributed by atoms with van der Waals surface area (Å²) in [4.78, 5) is 13.8. The van der Waals surface area contributed by atoms with Crippen molar-refractivity contribution in [3.05, 3.63) is 69.2 Å². The van der Waals surface area contributed by atoms with Crippen LogP contribution in [0.3, 0.4) is 0 Å². The average molecular weight is 368 g/mol. The van der Waals surface area contributed by atoms with Crippen molar-refractivity contribution in [3.8, 4) is 0 Å². The number of para-hydroxylation sites is 1. The van der Waals surface area contributed by atoms with Gasteiger partial charge in [0.1, 0.15) is 11.6 Å². The number of halogens is 4. The van der Waals surface area contributed by atoms with Gasteiger partial charge in [-0.2, -0.15) is 0 Å². The van der Waals surface area contributed by atoms with Crippen LogP contribution in [0.2, 0.25) is 10.0 Å². The van der Waals surface area contributed by atoms with Crippen LogP contribution < -0.4 is 4.90 Å². The van der Waals surface area contributed by atoms with Crippen molar-refractivity contribution in [1.29, 1.82) is 0 Å². The van der Waals surface area contributed by atoms with E-state index in [-0.39, 0.29) is 24.4 Å². The fourth-order valence-corrected chi connectivity index (χ4v) is 3.28. The molecule has 0 aliphatic carbocycles.